The van der Waals surface area contributed by atoms with Crippen LogP contribution in [0.25, 0.3) is 0 Å². The topological polar surface area (TPSA) is 61.6 Å². The number of carbonyl (C=O) groups is 1. The standard InChI is InChI=1S/C21H28N4O2S/c1-16(21(27)24-13-15-28-20-5-3-2-4-19(20)24)23-10-7-17(8-11-23)18-6-9-22-25(18)12-14-26/h2-6,9,16-17,26H,7-8,10-15H2,1H3. The van der Waals surface area contributed by atoms with Gasteiger partial charge >= 0.3 is 0 Å². The van der Waals surface area contributed by atoms with E-state index in [-0.39, 0.29) is 18.6 Å². The first-order chi connectivity index (χ1) is 13.7. The van der Waals surface area contributed by atoms with Crippen LogP contribution in [0.15, 0.2) is 41.4 Å². The van der Waals surface area contributed by atoms with Gasteiger partial charge in [0, 0.05) is 35.0 Å². The summed E-state index contributed by atoms with van der Waals surface area (Å²) < 4.78 is 1.91. The smallest absolute Gasteiger partial charge is 0.244 e. The molecule has 1 fully saturated rings. The van der Waals surface area contributed by atoms with E-state index in [9.17, 15) is 9.90 Å². The number of piperidine rings is 1. The zero-order chi connectivity index (χ0) is 19.5. The molecule has 0 spiro atoms. The van der Waals surface area contributed by atoms with Crippen LogP contribution in [0.2, 0.25) is 0 Å². The van der Waals surface area contributed by atoms with Gasteiger partial charge < -0.3 is 10.0 Å². The van der Waals surface area contributed by atoms with Crippen molar-refractivity contribution >= 4 is 23.4 Å². The van der Waals surface area contributed by atoms with Crippen molar-refractivity contribution in [2.45, 2.75) is 43.2 Å². The second-order valence-electron chi connectivity index (χ2n) is 7.50. The fraction of sp³-hybridized carbons (Fsp3) is 0.524. The highest BCUT2D eigenvalue weighted by Gasteiger charge is 2.32. The number of para-hydroxylation sites is 1. The summed E-state index contributed by atoms with van der Waals surface area (Å²) in [6.07, 6.45) is 3.84. The number of hydrogen-bond acceptors (Lipinski definition) is 5. The lowest BCUT2D eigenvalue weighted by atomic mass is 9.92. The largest absolute Gasteiger partial charge is 0.394 e. The van der Waals surface area contributed by atoms with Gasteiger partial charge in [0.25, 0.3) is 0 Å². The Morgan fingerprint density at radius 3 is 2.82 bits per heavy atom. The summed E-state index contributed by atoms with van der Waals surface area (Å²) in [7, 11) is 0. The SMILES string of the molecule is CC(C(=O)N1CCSc2ccccc21)N1CCC(c2ccnn2CCO)CC1. The van der Waals surface area contributed by atoms with Crippen molar-refractivity contribution < 1.29 is 9.90 Å². The minimum absolute atomic E-state index is 0.106. The van der Waals surface area contributed by atoms with E-state index in [0.717, 1.165) is 43.9 Å². The van der Waals surface area contributed by atoms with Crippen LogP contribution in [0.4, 0.5) is 5.69 Å². The predicted octanol–water partition coefficient (Wildman–Crippen LogP) is 2.58. The summed E-state index contributed by atoms with van der Waals surface area (Å²) in [5, 5.41) is 13.5. The van der Waals surface area contributed by atoms with Crippen molar-refractivity contribution in [1.82, 2.24) is 14.7 Å². The molecular formula is C21H28N4O2S. The van der Waals surface area contributed by atoms with Crippen molar-refractivity contribution in [3.05, 3.63) is 42.2 Å². The van der Waals surface area contributed by atoms with Crippen LogP contribution in [0.5, 0.6) is 0 Å². The van der Waals surface area contributed by atoms with Crippen molar-refractivity contribution in [2.24, 2.45) is 0 Å². The van der Waals surface area contributed by atoms with Gasteiger partial charge in [-0.15, -0.1) is 11.8 Å². The average molecular weight is 401 g/mol. The van der Waals surface area contributed by atoms with E-state index in [0.29, 0.717) is 12.5 Å². The van der Waals surface area contributed by atoms with Crippen LogP contribution in [0, 0.1) is 0 Å². The predicted molar refractivity (Wildman–Crippen MR) is 112 cm³/mol. The molecule has 150 valence electrons. The van der Waals surface area contributed by atoms with Gasteiger partial charge in [-0.2, -0.15) is 5.10 Å². The zero-order valence-electron chi connectivity index (χ0n) is 16.3. The number of thioether (sulfide) groups is 1. The maximum Gasteiger partial charge on any atom is 0.244 e. The van der Waals surface area contributed by atoms with Crippen LogP contribution in [0.3, 0.4) is 0 Å². The van der Waals surface area contributed by atoms with Gasteiger partial charge in [0.2, 0.25) is 5.91 Å². The molecule has 1 N–H and O–H groups in total. The lowest BCUT2D eigenvalue weighted by Crippen LogP contribution is -2.51. The Labute approximate surface area is 170 Å². The highest BCUT2D eigenvalue weighted by molar-refractivity contribution is 7.99. The molecule has 28 heavy (non-hydrogen) atoms. The molecule has 1 aromatic heterocycles. The Morgan fingerprint density at radius 2 is 2.04 bits per heavy atom. The quantitative estimate of drug-likeness (QED) is 0.836. The third-order valence-corrected chi connectivity index (χ3v) is 6.95. The van der Waals surface area contributed by atoms with Gasteiger partial charge in [-0.3, -0.25) is 14.4 Å². The summed E-state index contributed by atoms with van der Waals surface area (Å²) >= 11 is 1.83. The highest BCUT2D eigenvalue weighted by atomic mass is 32.2. The second kappa shape index (κ2) is 8.68. The molecule has 1 atom stereocenters. The highest BCUT2D eigenvalue weighted by Crippen LogP contribution is 2.35. The molecule has 0 bridgehead atoms. The summed E-state index contributed by atoms with van der Waals surface area (Å²) in [5.41, 5.74) is 2.26. The average Bonchev–Trinajstić information content (AvgIpc) is 3.21. The number of amides is 1. The van der Waals surface area contributed by atoms with Crippen LogP contribution in [0.1, 0.15) is 31.4 Å². The van der Waals surface area contributed by atoms with Crippen LogP contribution in [-0.4, -0.2) is 63.7 Å². The number of carbonyl (C=O) groups excluding carboxylic acids is 1. The van der Waals surface area contributed by atoms with Gasteiger partial charge in [0.05, 0.1) is 24.9 Å². The first-order valence-electron chi connectivity index (χ1n) is 10.1. The van der Waals surface area contributed by atoms with E-state index in [1.807, 2.05) is 46.6 Å². The molecule has 4 rings (SSSR count). The molecular weight excluding hydrogens is 372 g/mol. The van der Waals surface area contributed by atoms with E-state index in [1.165, 1.54) is 10.6 Å². The minimum atomic E-state index is -0.112. The molecule has 0 saturated carbocycles. The number of anilines is 1. The number of fused-ring (bicyclic) bond motifs is 1. The van der Waals surface area contributed by atoms with Crippen LogP contribution >= 0.6 is 11.8 Å². The van der Waals surface area contributed by atoms with E-state index < -0.39 is 0 Å². The van der Waals surface area contributed by atoms with E-state index >= 15 is 0 Å². The molecule has 0 radical (unpaired) electrons. The number of benzene rings is 1. The molecule has 3 heterocycles. The summed E-state index contributed by atoms with van der Waals surface area (Å²) in [4.78, 5) is 18.7. The molecule has 1 amide bonds. The number of likely N-dealkylation sites (tertiary alicyclic amines) is 1. The van der Waals surface area contributed by atoms with E-state index in [4.69, 9.17) is 0 Å². The Morgan fingerprint density at radius 1 is 1.25 bits per heavy atom. The minimum Gasteiger partial charge on any atom is -0.394 e. The molecule has 1 saturated heterocycles. The summed E-state index contributed by atoms with van der Waals surface area (Å²) in [6, 6.07) is 10.2. The van der Waals surface area contributed by atoms with E-state index in [2.05, 4.69) is 28.2 Å². The monoisotopic (exact) mass is 400 g/mol. The first-order valence-corrected chi connectivity index (χ1v) is 11.1. The maximum absolute atomic E-state index is 13.2. The Bertz CT molecular complexity index is 816. The molecule has 2 aliphatic rings. The van der Waals surface area contributed by atoms with Crippen molar-refractivity contribution in [1.29, 1.82) is 0 Å². The normalized spacial score (nSPS) is 19.4. The third kappa shape index (κ3) is 3.83. The number of aliphatic hydroxyl groups excluding tert-OH is 1. The Kier molecular flexibility index (Phi) is 6.04. The second-order valence-corrected chi connectivity index (χ2v) is 8.63. The number of hydrogen-bond donors (Lipinski definition) is 1. The summed E-state index contributed by atoms with van der Waals surface area (Å²) in [5.74, 6) is 1.60. The van der Waals surface area contributed by atoms with Crippen LogP contribution < -0.4 is 4.90 Å². The molecule has 0 aliphatic carbocycles. The molecule has 1 unspecified atom stereocenters. The molecule has 2 aromatic rings. The lowest BCUT2D eigenvalue weighted by molar-refractivity contribution is -0.123. The number of aromatic nitrogens is 2. The number of rotatable bonds is 5. The zero-order valence-corrected chi connectivity index (χ0v) is 17.1. The maximum atomic E-state index is 13.2. The first kappa shape index (κ1) is 19.5. The van der Waals surface area contributed by atoms with Crippen molar-refractivity contribution in [3.8, 4) is 0 Å². The Balaban J connectivity index is 1.40. The van der Waals surface area contributed by atoms with Gasteiger partial charge in [-0.05, 0) is 51.1 Å². The van der Waals surface area contributed by atoms with Gasteiger partial charge in [-0.25, -0.2) is 0 Å². The van der Waals surface area contributed by atoms with Gasteiger partial charge in [0.15, 0.2) is 0 Å². The van der Waals surface area contributed by atoms with Crippen molar-refractivity contribution in [2.75, 3.05) is 36.9 Å². The fourth-order valence-corrected chi connectivity index (χ4v) is 5.33. The van der Waals surface area contributed by atoms with E-state index in [1.54, 1.807) is 0 Å². The van der Waals surface area contributed by atoms with Crippen molar-refractivity contribution in [3.63, 3.8) is 0 Å². The third-order valence-electron chi connectivity index (χ3n) is 5.91. The number of nitrogens with zero attached hydrogens (tertiary/aromatic N) is 4. The number of aliphatic hydroxyl groups is 1. The van der Waals surface area contributed by atoms with Gasteiger partial charge in [-0.1, -0.05) is 12.1 Å². The molecule has 2 aliphatic heterocycles. The fourth-order valence-electron chi connectivity index (χ4n) is 4.33. The van der Waals surface area contributed by atoms with Gasteiger partial charge in [0.1, 0.15) is 0 Å². The summed E-state index contributed by atoms with van der Waals surface area (Å²) in [6.45, 7) is 5.29. The Hall–Kier alpha value is -1.83. The molecule has 6 nitrogen and oxygen atoms in total. The molecule has 1 aromatic carbocycles. The van der Waals surface area contributed by atoms with Crippen LogP contribution in [-0.2, 0) is 11.3 Å². The lowest BCUT2D eigenvalue weighted by Gasteiger charge is -2.38. The molecule has 7 heteroatoms.